The van der Waals surface area contributed by atoms with Crippen LogP contribution in [0.3, 0.4) is 0 Å². The molecule has 1 aromatic carbocycles. The van der Waals surface area contributed by atoms with Crippen LogP contribution in [0, 0.1) is 5.92 Å². The summed E-state index contributed by atoms with van der Waals surface area (Å²) in [5.74, 6) is 2.05. The van der Waals surface area contributed by atoms with Gasteiger partial charge in [-0.05, 0) is 24.1 Å². The summed E-state index contributed by atoms with van der Waals surface area (Å²) in [4.78, 5) is 20.0. The second-order valence-electron chi connectivity index (χ2n) is 6.18. The van der Waals surface area contributed by atoms with E-state index in [0.29, 0.717) is 6.42 Å². The number of nitrogens with zero attached hydrogens (tertiary/aromatic N) is 1. The second kappa shape index (κ2) is 6.35. The molecule has 1 amide bonds. The largest absolute Gasteiger partial charge is 0.469 e. The maximum absolute atomic E-state index is 12.6. The molecule has 5 heteroatoms. The monoisotopic (exact) mass is 321 g/mol. The molecule has 3 unspecified atom stereocenters. The molecule has 24 heavy (non-hydrogen) atoms. The molecule has 4 rings (SSSR count). The summed E-state index contributed by atoms with van der Waals surface area (Å²) in [6.45, 7) is 0. The van der Waals surface area contributed by atoms with E-state index in [4.69, 9.17) is 4.42 Å². The van der Waals surface area contributed by atoms with Crippen LogP contribution in [0.1, 0.15) is 35.5 Å². The van der Waals surface area contributed by atoms with Gasteiger partial charge in [-0.2, -0.15) is 0 Å². The zero-order valence-electron chi connectivity index (χ0n) is 13.2. The van der Waals surface area contributed by atoms with Crippen molar-refractivity contribution >= 4 is 5.91 Å². The van der Waals surface area contributed by atoms with Crippen LogP contribution in [0.15, 0.2) is 65.5 Å². The molecule has 0 bridgehead atoms. The summed E-state index contributed by atoms with van der Waals surface area (Å²) in [5.41, 5.74) is 1.08. The van der Waals surface area contributed by atoms with Crippen LogP contribution >= 0.6 is 0 Å². The van der Waals surface area contributed by atoms with Gasteiger partial charge in [-0.15, -0.1) is 0 Å². The number of hydrogen-bond donors (Lipinski definition) is 2. The van der Waals surface area contributed by atoms with E-state index in [-0.39, 0.29) is 23.8 Å². The number of imidazole rings is 1. The normalized spacial score (nSPS) is 20.5. The highest BCUT2D eigenvalue weighted by atomic mass is 16.3. The highest BCUT2D eigenvalue weighted by molar-refractivity contribution is 5.83. The molecule has 3 atom stereocenters. The van der Waals surface area contributed by atoms with E-state index in [1.165, 1.54) is 0 Å². The lowest BCUT2D eigenvalue weighted by atomic mass is 10.0. The van der Waals surface area contributed by atoms with Gasteiger partial charge in [-0.25, -0.2) is 4.98 Å². The maximum atomic E-state index is 12.6. The van der Waals surface area contributed by atoms with Gasteiger partial charge in [0.2, 0.25) is 5.91 Å². The Morgan fingerprint density at radius 1 is 1.29 bits per heavy atom. The van der Waals surface area contributed by atoms with Gasteiger partial charge in [0.1, 0.15) is 11.6 Å². The van der Waals surface area contributed by atoms with Gasteiger partial charge >= 0.3 is 0 Å². The fourth-order valence-electron chi connectivity index (χ4n) is 3.12. The lowest BCUT2D eigenvalue weighted by Crippen LogP contribution is -2.31. The Kier molecular flexibility index (Phi) is 3.91. The van der Waals surface area contributed by atoms with Crippen molar-refractivity contribution in [2.75, 3.05) is 0 Å². The SMILES string of the molecule is O=C(NC(Cc1ncc[nH]1)c1ccccc1)C1CC1c1ccco1. The lowest BCUT2D eigenvalue weighted by Gasteiger charge is -2.18. The number of carbonyl (C=O) groups excluding carboxylic acids is 1. The molecule has 3 aromatic rings. The average Bonchev–Trinajstić information content (AvgIpc) is 3.02. The van der Waals surface area contributed by atoms with Crippen LogP contribution in [0.2, 0.25) is 0 Å². The minimum atomic E-state index is -0.0947. The number of furan rings is 1. The van der Waals surface area contributed by atoms with Crippen LogP contribution < -0.4 is 5.32 Å². The van der Waals surface area contributed by atoms with E-state index in [0.717, 1.165) is 23.6 Å². The number of benzene rings is 1. The Balaban J connectivity index is 1.47. The first kappa shape index (κ1) is 14.8. The minimum absolute atomic E-state index is 0.000960. The van der Waals surface area contributed by atoms with Crippen molar-refractivity contribution in [2.45, 2.75) is 24.8 Å². The molecular weight excluding hydrogens is 302 g/mol. The molecule has 0 aliphatic heterocycles. The number of H-pyrrole nitrogens is 1. The predicted molar refractivity (Wildman–Crippen MR) is 89.2 cm³/mol. The van der Waals surface area contributed by atoms with Gasteiger partial charge < -0.3 is 14.7 Å². The van der Waals surface area contributed by atoms with Gasteiger partial charge in [0.25, 0.3) is 0 Å². The number of hydrogen-bond acceptors (Lipinski definition) is 3. The Morgan fingerprint density at radius 3 is 2.88 bits per heavy atom. The smallest absolute Gasteiger partial charge is 0.224 e. The second-order valence-corrected chi connectivity index (χ2v) is 6.18. The first-order valence-corrected chi connectivity index (χ1v) is 8.18. The predicted octanol–water partition coefficient (Wildman–Crippen LogP) is 3.21. The molecule has 0 saturated heterocycles. The van der Waals surface area contributed by atoms with Crippen molar-refractivity contribution in [3.05, 3.63) is 78.3 Å². The van der Waals surface area contributed by atoms with Crippen LogP contribution in [0.5, 0.6) is 0 Å². The molecule has 0 spiro atoms. The number of aromatic nitrogens is 2. The fourth-order valence-corrected chi connectivity index (χ4v) is 3.12. The number of rotatable bonds is 6. The van der Waals surface area contributed by atoms with Crippen LogP contribution in [-0.2, 0) is 11.2 Å². The Labute approximate surface area is 140 Å². The minimum Gasteiger partial charge on any atom is -0.469 e. The molecule has 1 fully saturated rings. The molecule has 0 radical (unpaired) electrons. The van der Waals surface area contributed by atoms with E-state index in [9.17, 15) is 4.79 Å². The average molecular weight is 321 g/mol. The zero-order chi connectivity index (χ0) is 16.4. The topological polar surface area (TPSA) is 70.9 Å². The number of carbonyl (C=O) groups is 1. The molecule has 2 aromatic heterocycles. The third-order valence-electron chi connectivity index (χ3n) is 4.51. The van der Waals surface area contributed by atoms with Gasteiger partial charge in [-0.3, -0.25) is 4.79 Å². The number of amides is 1. The summed E-state index contributed by atoms with van der Waals surface area (Å²) in [7, 11) is 0. The van der Waals surface area contributed by atoms with Crippen molar-refractivity contribution in [1.29, 1.82) is 0 Å². The Morgan fingerprint density at radius 2 is 2.17 bits per heavy atom. The highest BCUT2D eigenvalue weighted by Crippen LogP contribution is 2.47. The van der Waals surface area contributed by atoms with Gasteiger partial charge in [0.15, 0.2) is 0 Å². The molecule has 2 N–H and O–H groups in total. The standard InChI is InChI=1S/C19H19N3O2/c23-19(15-11-14(15)17-7-4-10-24-17)22-16(12-18-20-8-9-21-18)13-5-2-1-3-6-13/h1-10,14-16H,11-12H2,(H,20,21)(H,22,23). The van der Waals surface area contributed by atoms with Gasteiger partial charge in [0, 0.05) is 30.7 Å². The number of aromatic amines is 1. The van der Waals surface area contributed by atoms with E-state index >= 15 is 0 Å². The maximum Gasteiger partial charge on any atom is 0.224 e. The molecule has 1 aliphatic rings. The van der Waals surface area contributed by atoms with Crippen molar-refractivity contribution in [3.63, 3.8) is 0 Å². The van der Waals surface area contributed by atoms with E-state index in [2.05, 4.69) is 15.3 Å². The molecule has 122 valence electrons. The molecule has 5 nitrogen and oxygen atoms in total. The van der Waals surface area contributed by atoms with E-state index < -0.39 is 0 Å². The van der Waals surface area contributed by atoms with Crippen molar-refractivity contribution < 1.29 is 9.21 Å². The highest BCUT2D eigenvalue weighted by Gasteiger charge is 2.46. The van der Waals surface area contributed by atoms with Gasteiger partial charge in [0.05, 0.1) is 12.3 Å². The number of nitrogens with one attached hydrogen (secondary N) is 2. The van der Waals surface area contributed by atoms with Crippen molar-refractivity contribution in [3.8, 4) is 0 Å². The summed E-state index contributed by atoms with van der Waals surface area (Å²) < 4.78 is 5.42. The third kappa shape index (κ3) is 3.11. The first-order chi connectivity index (χ1) is 11.8. The first-order valence-electron chi connectivity index (χ1n) is 8.18. The van der Waals surface area contributed by atoms with Crippen LogP contribution in [-0.4, -0.2) is 15.9 Å². The third-order valence-corrected chi connectivity index (χ3v) is 4.51. The zero-order valence-corrected chi connectivity index (χ0v) is 13.2. The Hall–Kier alpha value is -2.82. The summed E-state index contributed by atoms with van der Waals surface area (Å²) in [6, 6.07) is 13.7. The van der Waals surface area contributed by atoms with Crippen LogP contribution in [0.4, 0.5) is 0 Å². The summed E-state index contributed by atoms with van der Waals surface area (Å²) in [5, 5.41) is 3.18. The molecule has 1 saturated carbocycles. The van der Waals surface area contributed by atoms with Gasteiger partial charge in [-0.1, -0.05) is 30.3 Å². The Bertz CT molecular complexity index is 781. The quantitative estimate of drug-likeness (QED) is 0.732. The molecule has 1 aliphatic carbocycles. The van der Waals surface area contributed by atoms with E-state index in [1.807, 2.05) is 42.5 Å². The van der Waals surface area contributed by atoms with E-state index in [1.54, 1.807) is 18.7 Å². The summed E-state index contributed by atoms with van der Waals surface area (Å²) in [6.07, 6.45) is 6.68. The molecular formula is C19H19N3O2. The lowest BCUT2D eigenvalue weighted by molar-refractivity contribution is -0.123. The fraction of sp³-hybridized carbons (Fsp3) is 0.263. The van der Waals surface area contributed by atoms with Crippen LogP contribution in [0.25, 0.3) is 0 Å². The summed E-state index contributed by atoms with van der Waals surface area (Å²) >= 11 is 0. The van der Waals surface area contributed by atoms with Crippen molar-refractivity contribution in [1.82, 2.24) is 15.3 Å². The van der Waals surface area contributed by atoms with Crippen molar-refractivity contribution in [2.24, 2.45) is 5.92 Å². The molecule has 2 heterocycles.